The molecule has 4 rings (SSSR count). The smallest absolute Gasteiger partial charge is 0.0723 e. The Bertz CT molecular complexity index is 709. The lowest BCUT2D eigenvalue weighted by Gasteiger charge is -2.38. The van der Waals surface area contributed by atoms with Gasteiger partial charge in [-0.3, -0.25) is 14.8 Å². The Morgan fingerprint density at radius 1 is 1.31 bits per heavy atom. The fourth-order valence-corrected chi connectivity index (χ4v) is 5.20. The highest BCUT2D eigenvalue weighted by atomic mass is 32.1. The van der Waals surface area contributed by atoms with Crippen molar-refractivity contribution in [3.8, 4) is 0 Å². The number of rotatable bonds is 5. The van der Waals surface area contributed by atoms with E-state index >= 15 is 0 Å². The number of aryl methyl sites for hydroxylation is 1. The second-order valence-corrected chi connectivity index (χ2v) is 9.29. The summed E-state index contributed by atoms with van der Waals surface area (Å²) in [7, 11) is 2.22. The normalized spacial score (nSPS) is 23.1. The number of ether oxygens (including phenoxy) is 1. The van der Waals surface area contributed by atoms with E-state index in [9.17, 15) is 0 Å². The SMILES string of the molecule is Cc1ccc(CN2CCC3(CC2)C[C@H](N(C)Cc2cccnc2)CO3)s1. The molecule has 140 valence electrons. The van der Waals surface area contributed by atoms with Crippen LogP contribution >= 0.6 is 11.3 Å². The average Bonchev–Trinajstić information content (AvgIpc) is 3.25. The molecule has 4 nitrogen and oxygen atoms in total. The third-order valence-electron chi connectivity index (χ3n) is 5.91. The number of pyridine rings is 1. The molecule has 0 amide bonds. The molecule has 0 unspecified atom stereocenters. The summed E-state index contributed by atoms with van der Waals surface area (Å²) in [5.41, 5.74) is 1.38. The number of nitrogens with zero attached hydrogens (tertiary/aromatic N) is 3. The van der Waals surface area contributed by atoms with Crippen LogP contribution in [0.25, 0.3) is 0 Å². The highest BCUT2D eigenvalue weighted by molar-refractivity contribution is 7.11. The minimum absolute atomic E-state index is 0.107. The van der Waals surface area contributed by atoms with Crippen molar-refractivity contribution in [2.75, 3.05) is 26.7 Å². The predicted octanol–water partition coefficient (Wildman–Crippen LogP) is 3.71. The van der Waals surface area contributed by atoms with Crippen molar-refractivity contribution in [3.05, 3.63) is 52.0 Å². The van der Waals surface area contributed by atoms with Crippen molar-refractivity contribution >= 4 is 11.3 Å². The van der Waals surface area contributed by atoms with Gasteiger partial charge in [0.05, 0.1) is 12.2 Å². The Labute approximate surface area is 160 Å². The quantitative estimate of drug-likeness (QED) is 0.801. The molecule has 0 saturated carbocycles. The lowest BCUT2D eigenvalue weighted by molar-refractivity contribution is -0.0451. The summed E-state index contributed by atoms with van der Waals surface area (Å²) >= 11 is 1.93. The lowest BCUT2D eigenvalue weighted by atomic mass is 9.87. The van der Waals surface area contributed by atoms with Crippen LogP contribution in [-0.4, -0.2) is 53.2 Å². The molecule has 1 atom stereocenters. The van der Waals surface area contributed by atoms with Crippen LogP contribution in [0.3, 0.4) is 0 Å². The van der Waals surface area contributed by atoms with Crippen LogP contribution in [0.5, 0.6) is 0 Å². The number of piperidine rings is 1. The van der Waals surface area contributed by atoms with Gasteiger partial charge < -0.3 is 4.74 Å². The molecule has 0 N–H and O–H groups in total. The van der Waals surface area contributed by atoms with Gasteiger partial charge in [0.1, 0.15) is 0 Å². The van der Waals surface area contributed by atoms with Crippen LogP contribution < -0.4 is 0 Å². The monoisotopic (exact) mass is 371 g/mol. The van der Waals surface area contributed by atoms with E-state index in [4.69, 9.17) is 4.74 Å². The van der Waals surface area contributed by atoms with Crippen molar-refractivity contribution < 1.29 is 4.74 Å². The molecular weight excluding hydrogens is 342 g/mol. The highest BCUT2D eigenvalue weighted by Crippen LogP contribution is 2.38. The molecule has 4 heterocycles. The summed E-state index contributed by atoms with van der Waals surface area (Å²) in [6.45, 7) is 7.39. The molecule has 0 radical (unpaired) electrons. The Balaban J connectivity index is 1.28. The molecule has 26 heavy (non-hydrogen) atoms. The summed E-state index contributed by atoms with van der Waals surface area (Å²) in [5.74, 6) is 0. The van der Waals surface area contributed by atoms with Crippen LogP contribution in [0.2, 0.25) is 0 Å². The van der Waals surface area contributed by atoms with Crippen LogP contribution in [0.1, 0.15) is 34.6 Å². The Morgan fingerprint density at radius 2 is 2.15 bits per heavy atom. The number of aromatic nitrogens is 1. The van der Waals surface area contributed by atoms with Crippen LogP contribution in [0, 0.1) is 6.92 Å². The number of likely N-dealkylation sites (N-methyl/N-ethyl adjacent to an activating group) is 1. The topological polar surface area (TPSA) is 28.6 Å². The van der Waals surface area contributed by atoms with Gasteiger partial charge in [0.25, 0.3) is 0 Å². The summed E-state index contributed by atoms with van der Waals surface area (Å²) < 4.78 is 6.37. The number of hydrogen-bond donors (Lipinski definition) is 0. The first-order valence-corrected chi connectivity index (χ1v) is 10.4. The zero-order valence-electron chi connectivity index (χ0n) is 15.9. The average molecular weight is 372 g/mol. The van der Waals surface area contributed by atoms with E-state index in [2.05, 4.69) is 47.0 Å². The number of thiophene rings is 1. The van der Waals surface area contributed by atoms with Gasteiger partial charge in [-0.1, -0.05) is 6.07 Å². The first kappa shape index (κ1) is 18.1. The van der Waals surface area contributed by atoms with Gasteiger partial charge in [-0.25, -0.2) is 0 Å². The minimum atomic E-state index is 0.107. The maximum absolute atomic E-state index is 6.37. The van der Waals surface area contributed by atoms with Crippen LogP contribution in [0.4, 0.5) is 0 Å². The van der Waals surface area contributed by atoms with Crippen molar-refractivity contribution in [1.29, 1.82) is 0 Å². The van der Waals surface area contributed by atoms with Gasteiger partial charge in [-0.05, 0) is 57.0 Å². The van der Waals surface area contributed by atoms with Crippen molar-refractivity contribution in [3.63, 3.8) is 0 Å². The molecule has 1 spiro atoms. The molecule has 0 aliphatic carbocycles. The van der Waals surface area contributed by atoms with Gasteiger partial charge in [0, 0.05) is 54.4 Å². The van der Waals surface area contributed by atoms with Gasteiger partial charge in [-0.15, -0.1) is 11.3 Å². The first-order valence-electron chi connectivity index (χ1n) is 9.63. The molecule has 2 aromatic heterocycles. The van der Waals surface area contributed by atoms with E-state index in [0.29, 0.717) is 6.04 Å². The molecule has 2 fully saturated rings. The molecule has 2 aliphatic rings. The molecular formula is C21H29N3OS. The zero-order chi connectivity index (χ0) is 18.0. The molecule has 0 bridgehead atoms. The van der Waals surface area contributed by atoms with E-state index in [1.54, 1.807) is 0 Å². The fraction of sp³-hybridized carbons (Fsp3) is 0.571. The van der Waals surface area contributed by atoms with Crippen LogP contribution in [-0.2, 0) is 17.8 Å². The largest absolute Gasteiger partial charge is 0.373 e. The Kier molecular flexibility index (Phi) is 5.41. The summed E-state index contributed by atoms with van der Waals surface area (Å²) in [5, 5.41) is 0. The number of hydrogen-bond acceptors (Lipinski definition) is 5. The third-order valence-corrected chi connectivity index (χ3v) is 6.90. The van der Waals surface area contributed by atoms with E-state index in [1.807, 2.05) is 29.8 Å². The second-order valence-electron chi connectivity index (χ2n) is 7.92. The fourth-order valence-electron chi connectivity index (χ4n) is 4.27. The van der Waals surface area contributed by atoms with E-state index < -0.39 is 0 Å². The van der Waals surface area contributed by atoms with Crippen LogP contribution in [0.15, 0.2) is 36.7 Å². The Hall–Kier alpha value is -1.27. The second kappa shape index (κ2) is 7.77. The molecule has 0 aromatic carbocycles. The Morgan fingerprint density at radius 3 is 2.85 bits per heavy atom. The maximum Gasteiger partial charge on any atom is 0.0723 e. The van der Waals surface area contributed by atoms with E-state index in [1.165, 1.54) is 15.3 Å². The first-order chi connectivity index (χ1) is 12.6. The van der Waals surface area contributed by atoms with Crippen molar-refractivity contribution in [2.24, 2.45) is 0 Å². The summed E-state index contributed by atoms with van der Waals surface area (Å²) in [6.07, 6.45) is 7.29. The number of likely N-dealkylation sites (tertiary alicyclic amines) is 1. The van der Waals surface area contributed by atoms with Gasteiger partial charge in [0.2, 0.25) is 0 Å². The molecule has 2 saturated heterocycles. The summed E-state index contributed by atoms with van der Waals surface area (Å²) in [4.78, 5) is 12.2. The van der Waals surface area contributed by atoms with Gasteiger partial charge >= 0.3 is 0 Å². The van der Waals surface area contributed by atoms with E-state index in [0.717, 1.165) is 52.0 Å². The lowest BCUT2D eigenvalue weighted by Crippen LogP contribution is -2.44. The summed E-state index contributed by atoms with van der Waals surface area (Å²) in [6, 6.07) is 9.19. The molecule has 2 aromatic rings. The standard InChI is InChI=1S/C21H29N3OS/c1-17-5-6-20(26-17)15-24-10-7-21(8-11-24)12-19(16-25-21)23(2)14-18-4-3-9-22-13-18/h3-6,9,13,19H,7-8,10-12,14-16H2,1-2H3/t19-/m0/s1. The van der Waals surface area contributed by atoms with Gasteiger partial charge in [-0.2, -0.15) is 0 Å². The third kappa shape index (κ3) is 4.17. The predicted molar refractivity (Wildman–Crippen MR) is 106 cm³/mol. The minimum Gasteiger partial charge on any atom is -0.373 e. The van der Waals surface area contributed by atoms with E-state index in [-0.39, 0.29) is 5.60 Å². The maximum atomic E-state index is 6.37. The molecule has 5 heteroatoms. The van der Waals surface area contributed by atoms with Crippen molar-refractivity contribution in [2.45, 2.75) is 50.9 Å². The zero-order valence-corrected chi connectivity index (χ0v) is 16.7. The highest BCUT2D eigenvalue weighted by Gasteiger charge is 2.43. The molecule has 2 aliphatic heterocycles. The van der Waals surface area contributed by atoms with Crippen molar-refractivity contribution in [1.82, 2.24) is 14.8 Å². The van der Waals surface area contributed by atoms with Gasteiger partial charge in [0.15, 0.2) is 0 Å².